The molecule has 0 spiro atoms. The number of para-hydroxylation sites is 2. The van der Waals surface area contributed by atoms with Crippen LogP contribution in [0.25, 0.3) is 0 Å². The SMILES string of the molecule is CC.CC.CCC(=O)Nc1ccccc1OC1=C(OCc2ccccc2)CCC=C1. The summed E-state index contributed by atoms with van der Waals surface area (Å²) >= 11 is 0. The molecular weight excluding hydrogens is 374 g/mol. The van der Waals surface area contributed by atoms with Crippen LogP contribution in [0.1, 0.15) is 59.4 Å². The monoisotopic (exact) mass is 409 g/mol. The summed E-state index contributed by atoms with van der Waals surface area (Å²) in [7, 11) is 0. The van der Waals surface area contributed by atoms with Crippen molar-refractivity contribution in [3.8, 4) is 5.75 Å². The van der Waals surface area contributed by atoms with Crippen molar-refractivity contribution >= 4 is 11.6 Å². The van der Waals surface area contributed by atoms with Crippen LogP contribution in [0.5, 0.6) is 5.75 Å². The zero-order valence-electron chi connectivity index (χ0n) is 18.9. The van der Waals surface area contributed by atoms with Crippen molar-refractivity contribution in [2.24, 2.45) is 0 Å². The van der Waals surface area contributed by atoms with Gasteiger partial charge in [0.1, 0.15) is 12.4 Å². The molecule has 1 N–H and O–H groups in total. The van der Waals surface area contributed by atoms with E-state index in [-0.39, 0.29) is 5.91 Å². The lowest BCUT2D eigenvalue weighted by Crippen LogP contribution is -2.11. The molecule has 0 bridgehead atoms. The maximum Gasteiger partial charge on any atom is 0.224 e. The van der Waals surface area contributed by atoms with Gasteiger partial charge in [-0.05, 0) is 30.2 Å². The summed E-state index contributed by atoms with van der Waals surface area (Å²) in [5.74, 6) is 2.07. The van der Waals surface area contributed by atoms with Gasteiger partial charge in [0, 0.05) is 12.8 Å². The molecule has 0 aromatic heterocycles. The number of allylic oxidation sites excluding steroid dienone is 3. The van der Waals surface area contributed by atoms with Crippen LogP contribution in [0.15, 0.2) is 78.3 Å². The molecule has 0 radical (unpaired) electrons. The molecule has 30 heavy (non-hydrogen) atoms. The van der Waals surface area contributed by atoms with Gasteiger partial charge >= 0.3 is 0 Å². The Morgan fingerprint density at radius 2 is 1.63 bits per heavy atom. The van der Waals surface area contributed by atoms with Gasteiger partial charge < -0.3 is 14.8 Å². The predicted molar refractivity (Wildman–Crippen MR) is 125 cm³/mol. The van der Waals surface area contributed by atoms with Crippen LogP contribution in [-0.4, -0.2) is 5.91 Å². The minimum atomic E-state index is -0.0465. The van der Waals surface area contributed by atoms with E-state index in [0.29, 0.717) is 30.2 Å². The molecule has 1 amide bonds. The van der Waals surface area contributed by atoms with E-state index in [9.17, 15) is 4.79 Å². The third-order valence-electron chi connectivity index (χ3n) is 4.04. The third-order valence-corrected chi connectivity index (χ3v) is 4.04. The molecule has 0 heterocycles. The Balaban J connectivity index is 0.00000106. The second-order valence-corrected chi connectivity index (χ2v) is 6.00. The first-order valence-corrected chi connectivity index (χ1v) is 10.9. The highest BCUT2D eigenvalue weighted by Crippen LogP contribution is 2.30. The molecule has 1 aliphatic carbocycles. The summed E-state index contributed by atoms with van der Waals surface area (Å²) in [6.45, 7) is 10.3. The van der Waals surface area contributed by atoms with Gasteiger partial charge in [0.05, 0.1) is 5.69 Å². The van der Waals surface area contributed by atoms with E-state index < -0.39 is 0 Å². The third kappa shape index (κ3) is 8.16. The number of nitrogens with one attached hydrogen (secondary N) is 1. The molecule has 162 valence electrons. The van der Waals surface area contributed by atoms with Crippen molar-refractivity contribution in [3.05, 3.63) is 83.8 Å². The molecule has 2 aromatic carbocycles. The van der Waals surface area contributed by atoms with Crippen LogP contribution in [0.3, 0.4) is 0 Å². The first-order valence-electron chi connectivity index (χ1n) is 10.9. The molecule has 0 unspecified atom stereocenters. The molecule has 4 nitrogen and oxygen atoms in total. The molecule has 0 aliphatic heterocycles. The van der Waals surface area contributed by atoms with Gasteiger partial charge in [0.2, 0.25) is 5.91 Å². The molecule has 1 aliphatic rings. The van der Waals surface area contributed by atoms with Crippen LogP contribution in [0.4, 0.5) is 5.69 Å². The largest absolute Gasteiger partial charge is 0.489 e. The Morgan fingerprint density at radius 1 is 0.967 bits per heavy atom. The van der Waals surface area contributed by atoms with Crippen LogP contribution in [-0.2, 0) is 16.1 Å². The van der Waals surface area contributed by atoms with E-state index in [4.69, 9.17) is 9.47 Å². The van der Waals surface area contributed by atoms with Crippen molar-refractivity contribution in [2.75, 3.05) is 5.32 Å². The van der Waals surface area contributed by atoms with Crippen LogP contribution < -0.4 is 10.1 Å². The zero-order chi connectivity index (χ0) is 22.2. The van der Waals surface area contributed by atoms with Gasteiger partial charge in [-0.15, -0.1) is 0 Å². The smallest absolute Gasteiger partial charge is 0.224 e. The highest BCUT2D eigenvalue weighted by atomic mass is 16.5. The van der Waals surface area contributed by atoms with Crippen LogP contribution in [0, 0.1) is 0 Å². The van der Waals surface area contributed by atoms with Crippen molar-refractivity contribution in [2.45, 2.75) is 60.5 Å². The minimum Gasteiger partial charge on any atom is -0.489 e. The Kier molecular flexibility index (Phi) is 12.4. The lowest BCUT2D eigenvalue weighted by atomic mass is 10.1. The van der Waals surface area contributed by atoms with Crippen molar-refractivity contribution in [1.29, 1.82) is 0 Å². The fourth-order valence-corrected chi connectivity index (χ4v) is 2.62. The average Bonchev–Trinajstić information content (AvgIpc) is 2.83. The Bertz CT molecular complexity index is 810. The van der Waals surface area contributed by atoms with Gasteiger partial charge in [-0.25, -0.2) is 0 Å². The molecule has 0 atom stereocenters. The summed E-state index contributed by atoms with van der Waals surface area (Å²) in [5.41, 5.74) is 1.78. The van der Waals surface area contributed by atoms with E-state index in [2.05, 4.69) is 11.4 Å². The molecule has 0 saturated heterocycles. The maximum atomic E-state index is 11.7. The highest BCUT2D eigenvalue weighted by molar-refractivity contribution is 5.92. The van der Waals surface area contributed by atoms with E-state index >= 15 is 0 Å². The van der Waals surface area contributed by atoms with Gasteiger partial charge in [-0.2, -0.15) is 0 Å². The summed E-state index contributed by atoms with van der Waals surface area (Å²) in [5, 5.41) is 2.87. The van der Waals surface area contributed by atoms with Gasteiger partial charge in [-0.3, -0.25) is 4.79 Å². The Morgan fingerprint density at radius 3 is 2.33 bits per heavy atom. The van der Waals surface area contributed by atoms with Crippen LogP contribution >= 0.6 is 0 Å². The number of benzene rings is 2. The minimum absolute atomic E-state index is 0.0465. The number of amides is 1. The van der Waals surface area contributed by atoms with E-state index in [1.165, 1.54) is 0 Å². The Hall–Kier alpha value is -3.01. The van der Waals surface area contributed by atoms with Crippen molar-refractivity contribution in [1.82, 2.24) is 0 Å². The summed E-state index contributed by atoms with van der Waals surface area (Å²) < 4.78 is 12.1. The number of anilines is 1. The van der Waals surface area contributed by atoms with Gasteiger partial charge in [0.15, 0.2) is 11.5 Å². The Labute approximate surface area is 181 Å². The molecule has 2 aromatic rings. The average molecular weight is 410 g/mol. The molecule has 0 fully saturated rings. The summed E-state index contributed by atoms with van der Waals surface area (Å²) in [4.78, 5) is 11.7. The van der Waals surface area contributed by atoms with Gasteiger partial charge in [0.25, 0.3) is 0 Å². The normalized spacial score (nSPS) is 12.0. The fraction of sp³-hybridized carbons (Fsp3) is 0.346. The van der Waals surface area contributed by atoms with Crippen molar-refractivity contribution < 1.29 is 14.3 Å². The number of hydrogen-bond donors (Lipinski definition) is 1. The zero-order valence-corrected chi connectivity index (χ0v) is 18.9. The molecular formula is C26H35NO3. The number of hydrogen-bond acceptors (Lipinski definition) is 3. The van der Waals surface area contributed by atoms with Gasteiger partial charge in [-0.1, -0.05) is 83.2 Å². The highest BCUT2D eigenvalue weighted by Gasteiger charge is 2.15. The standard InChI is InChI=1S/C22H23NO3.2C2H6/c1-2-22(24)23-18-12-6-7-13-19(18)26-21-15-9-8-14-20(21)25-16-17-10-4-3-5-11-17;2*1-2/h3-7,9-13,15H,2,8,14,16H2,1H3,(H,23,24);2*1-2H3. The lowest BCUT2D eigenvalue weighted by Gasteiger charge is -2.19. The topological polar surface area (TPSA) is 47.6 Å². The molecule has 0 saturated carbocycles. The molecule has 3 rings (SSSR count). The second-order valence-electron chi connectivity index (χ2n) is 6.00. The lowest BCUT2D eigenvalue weighted by molar-refractivity contribution is -0.115. The number of carbonyl (C=O) groups excluding carboxylic acids is 1. The van der Waals surface area contributed by atoms with E-state index in [1.807, 2.05) is 95.3 Å². The van der Waals surface area contributed by atoms with Crippen LogP contribution in [0.2, 0.25) is 0 Å². The summed E-state index contributed by atoms with van der Waals surface area (Å²) in [6, 6.07) is 17.5. The predicted octanol–water partition coefficient (Wildman–Crippen LogP) is 7.24. The van der Waals surface area contributed by atoms with Crippen molar-refractivity contribution in [3.63, 3.8) is 0 Å². The maximum absolute atomic E-state index is 11.7. The van der Waals surface area contributed by atoms with E-state index in [1.54, 1.807) is 0 Å². The number of ether oxygens (including phenoxy) is 2. The first-order chi connectivity index (χ1) is 14.8. The molecule has 4 heteroatoms. The quantitative estimate of drug-likeness (QED) is 0.524. The second kappa shape index (κ2) is 14.9. The fourth-order valence-electron chi connectivity index (χ4n) is 2.62. The number of rotatable bonds is 7. The first kappa shape index (κ1) is 25.0. The summed E-state index contributed by atoms with van der Waals surface area (Å²) in [6.07, 6.45) is 6.13. The van der Waals surface area contributed by atoms with E-state index in [0.717, 1.165) is 24.2 Å². The number of carbonyl (C=O) groups is 1.